The first kappa shape index (κ1) is 13.9. The summed E-state index contributed by atoms with van der Waals surface area (Å²) in [5, 5.41) is 6.33. The molecule has 0 radical (unpaired) electrons. The summed E-state index contributed by atoms with van der Waals surface area (Å²) in [6, 6.07) is 3.27. The molecule has 20 heavy (non-hydrogen) atoms. The van der Waals surface area contributed by atoms with Gasteiger partial charge in [-0.25, -0.2) is 9.59 Å². The third-order valence-corrected chi connectivity index (χ3v) is 2.48. The summed E-state index contributed by atoms with van der Waals surface area (Å²) in [5.74, 6) is -0.905. The van der Waals surface area contributed by atoms with Gasteiger partial charge in [-0.2, -0.15) is 5.10 Å². The summed E-state index contributed by atoms with van der Waals surface area (Å²) in [7, 11) is 0. The Morgan fingerprint density at radius 3 is 2.55 bits per heavy atom. The van der Waals surface area contributed by atoms with Gasteiger partial charge >= 0.3 is 11.9 Å². The van der Waals surface area contributed by atoms with Crippen molar-refractivity contribution in [1.29, 1.82) is 0 Å². The van der Waals surface area contributed by atoms with Crippen molar-refractivity contribution in [3.05, 3.63) is 29.8 Å². The Kier molecular flexibility index (Phi) is 4.19. The molecule has 7 heteroatoms. The Balaban J connectivity index is 2.49. The van der Waals surface area contributed by atoms with E-state index in [1.807, 2.05) is 0 Å². The largest absolute Gasteiger partial charge is 0.464 e. The number of aromatic nitrogens is 2. The molecule has 0 aliphatic carbocycles. The van der Waals surface area contributed by atoms with Crippen molar-refractivity contribution in [2.24, 2.45) is 0 Å². The van der Waals surface area contributed by atoms with E-state index in [9.17, 15) is 9.59 Å². The quantitative estimate of drug-likeness (QED) is 0.841. The van der Waals surface area contributed by atoms with E-state index < -0.39 is 11.9 Å². The molecule has 0 amide bonds. The van der Waals surface area contributed by atoms with E-state index in [2.05, 4.69) is 10.2 Å². The zero-order valence-electron chi connectivity index (χ0n) is 11.1. The highest BCUT2D eigenvalue weighted by Crippen LogP contribution is 2.27. The van der Waals surface area contributed by atoms with Crippen LogP contribution in [0.15, 0.2) is 22.8 Å². The fourth-order valence-corrected chi connectivity index (χ4v) is 1.70. The second-order valence-corrected chi connectivity index (χ2v) is 3.74. The molecule has 0 fully saturated rings. The number of carbonyl (C=O) groups is 2. The minimum absolute atomic E-state index is 0.00940. The van der Waals surface area contributed by atoms with Crippen LogP contribution in [0.25, 0.3) is 11.3 Å². The summed E-state index contributed by atoms with van der Waals surface area (Å²) in [6.07, 6.45) is 1.44. The lowest BCUT2D eigenvalue weighted by Crippen LogP contribution is -2.09. The third kappa shape index (κ3) is 2.56. The smallest absolute Gasteiger partial charge is 0.359 e. The minimum atomic E-state index is -0.634. The number of hydrogen-bond donors (Lipinski definition) is 1. The van der Waals surface area contributed by atoms with Crippen LogP contribution in [-0.4, -0.2) is 35.3 Å². The Morgan fingerprint density at radius 2 is 1.95 bits per heavy atom. The molecule has 0 aromatic carbocycles. The van der Waals surface area contributed by atoms with Crippen molar-refractivity contribution in [3.8, 4) is 11.3 Å². The second-order valence-electron chi connectivity index (χ2n) is 3.74. The van der Waals surface area contributed by atoms with E-state index in [4.69, 9.17) is 13.9 Å². The van der Waals surface area contributed by atoms with Crippen LogP contribution in [0.3, 0.4) is 0 Å². The Morgan fingerprint density at radius 1 is 1.25 bits per heavy atom. The molecule has 0 unspecified atom stereocenters. The van der Waals surface area contributed by atoms with Crippen LogP contribution in [0.4, 0.5) is 0 Å². The number of rotatable bonds is 5. The van der Waals surface area contributed by atoms with Crippen LogP contribution in [0, 0.1) is 0 Å². The van der Waals surface area contributed by atoms with Gasteiger partial charge in [0.1, 0.15) is 5.76 Å². The van der Waals surface area contributed by atoms with E-state index in [1.165, 1.54) is 6.26 Å². The van der Waals surface area contributed by atoms with Gasteiger partial charge in [-0.1, -0.05) is 0 Å². The molecule has 0 aliphatic rings. The number of hydrogen-bond acceptors (Lipinski definition) is 6. The summed E-state index contributed by atoms with van der Waals surface area (Å²) >= 11 is 0. The number of carbonyl (C=O) groups excluding carboxylic acids is 2. The number of nitrogens with one attached hydrogen (secondary N) is 1. The molecule has 2 rings (SSSR count). The standard InChI is InChI=1S/C13H14N2O5/c1-3-18-12(16)10-9(8-6-5-7-20-8)11(15-14-10)13(17)19-4-2/h5-7H,3-4H2,1-2H3,(H,14,15). The van der Waals surface area contributed by atoms with E-state index >= 15 is 0 Å². The predicted octanol–water partition coefficient (Wildman–Crippen LogP) is 2.02. The number of furan rings is 1. The van der Waals surface area contributed by atoms with Gasteiger partial charge < -0.3 is 13.9 Å². The van der Waals surface area contributed by atoms with Crippen LogP contribution < -0.4 is 0 Å². The van der Waals surface area contributed by atoms with Gasteiger partial charge in [-0.15, -0.1) is 0 Å². The van der Waals surface area contributed by atoms with Crippen LogP contribution >= 0.6 is 0 Å². The molecule has 0 saturated heterocycles. The molecule has 2 aromatic heterocycles. The van der Waals surface area contributed by atoms with Gasteiger partial charge in [0.25, 0.3) is 0 Å². The average molecular weight is 278 g/mol. The molecule has 2 heterocycles. The normalized spacial score (nSPS) is 10.3. The number of ether oxygens (including phenoxy) is 2. The fraction of sp³-hybridized carbons (Fsp3) is 0.308. The highest BCUT2D eigenvalue weighted by Gasteiger charge is 2.27. The molecule has 0 atom stereocenters. The molecule has 0 aliphatic heterocycles. The SMILES string of the molecule is CCOC(=O)c1n[nH]c(C(=O)OCC)c1-c1ccco1. The summed E-state index contributed by atoms with van der Waals surface area (Å²) in [5.41, 5.74) is 0.293. The van der Waals surface area contributed by atoms with Crippen molar-refractivity contribution < 1.29 is 23.5 Å². The highest BCUT2D eigenvalue weighted by atomic mass is 16.5. The van der Waals surface area contributed by atoms with E-state index in [0.29, 0.717) is 5.76 Å². The predicted molar refractivity (Wildman–Crippen MR) is 68.2 cm³/mol. The number of aromatic amines is 1. The first-order chi connectivity index (χ1) is 9.69. The molecular weight excluding hydrogens is 264 g/mol. The van der Waals surface area contributed by atoms with Crippen LogP contribution in [0.5, 0.6) is 0 Å². The van der Waals surface area contributed by atoms with Crippen LogP contribution in [-0.2, 0) is 9.47 Å². The molecule has 2 aromatic rings. The molecule has 0 spiro atoms. The Bertz CT molecular complexity index is 565. The average Bonchev–Trinajstić information content (AvgIpc) is 3.08. The van der Waals surface area contributed by atoms with E-state index in [0.717, 1.165) is 0 Å². The lowest BCUT2D eigenvalue weighted by Gasteiger charge is -2.03. The number of H-pyrrole nitrogens is 1. The van der Waals surface area contributed by atoms with Gasteiger partial charge in [0.2, 0.25) is 0 Å². The fourth-order valence-electron chi connectivity index (χ4n) is 1.70. The van der Waals surface area contributed by atoms with Gasteiger partial charge in [-0.3, -0.25) is 5.10 Å². The number of nitrogens with zero attached hydrogens (tertiary/aromatic N) is 1. The minimum Gasteiger partial charge on any atom is -0.464 e. The third-order valence-electron chi connectivity index (χ3n) is 2.48. The topological polar surface area (TPSA) is 94.4 Å². The van der Waals surface area contributed by atoms with Crippen molar-refractivity contribution >= 4 is 11.9 Å². The lowest BCUT2D eigenvalue weighted by atomic mass is 10.1. The maximum Gasteiger partial charge on any atom is 0.359 e. The van der Waals surface area contributed by atoms with Gasteiger partial charge in [0.05, 0.1) is 25.0 Å². The van der Waals surface area contributed by atoms with Crippen molar-refractivity contribution in [3.63, 3.8) is 0 Å². The van der Waals surface area contributed by atoms with Crippen molar-refractivity contribution in [2.75, 3.05) is 13.2 Å². The molecular formula is C13H14N2O5. The first-order valence-corrected chi connectivity index (χ1v) is 6.15. The molecule has 0 saturated carbocycles. The summed E-state index contributed by atoms with van der Waals surface area (Å²) in [4.78, 5) is 23.7. The zero-order valence-corrected chi connectivity index (χ0v) is 11.1. The monoisotopic (exact) mass is 278 g/mol. The maximum atomic E-state index is 11.9. The maximum absolute atomic E-state index is 11.9. The highest BCUT2D eigenvalue weighted by molar-refractivity contribution is 6.03. The van der Waals surface area contributed by atoms with Crippen molar-refractivity contribution in [1.82, 2.24) is 10.2 Å². The first-order valence-electron chi connectivity index (χ1n) is 6.15. The van der Waals surface area contributed by atoms with E-state index in [-0.39, 0.29) is 30.2 Å². The van der Waals surface area contributed by atoms with Gasteiger partial charge in [0.15, 0.2) is 11.4 Å². The Hall–Kier alpha value is -2.57. The Labute approximate surface area is 114 Å². The number of esters is 2. The van der Waals surface area contributed by atoms with Crippen molar-refractivity contribution in [2.45, 2.75) is 13.8 Å². The molecule has 106 valence electrons. The zero-order chi connectivity index (χ0) is 14.5. The van der Waals surface area contributed by atoms with Crippen LogP contribution in [0.1, 0.15) is 34.8 Å². The summed E-state index contributed by atoms with van der Waals surface area (Å²) in [6.45, 7) is 3.79. The second kappa shape index (κ2) is 6.05. The molecule has 7 nitrogen and oxygen atoms in total. The van der Waals surface area contributed by atoms with Gasteiger partial charge in [-0.05, 0) is 26.0 Å². The lowest BCUT2D eigenvalue weighted by molar-refractivity contribution is 0.0513. The molecule has 1 N–H and O–H groups in total. The van der Waals surface area contributed by atoms with E-state index in [1.54, 1.807) is 26.0 Å². The van der Waals surface area contributed by atoms with Crippen LogP contribution in [0.2, 0.25) is 0 Å². The van der Waals surface area contributed by atoms with Gasteiger partial charge in [0, 0.05) is 0 Å². The summed E-state index contributed by atoms with van der Waals surface area (Å²) < 4.78 is 15.1. The molecule has 0 bridgehead atoms.